The highest BCUT2D eigenvalue weighted by Crippen LogP contribution is 2.31. The van der Waals surface area contributed by atoms with Crippen LogP contribution in [-0.2, 0) is 9.47 Å². The van der Waals surface area contributed by atoms with Crippen molar-refractivity contribution in [1.29, 1.82) is 0 Å². The first-order valence-electron chi connectivity index (χ1n) is 10.2. The van der Waals surface area contributed by atoms with Gasteiger partial charge in [-0.3, -0.25) is 0 Å². The molecular weight excluding hydrogens is 374 g/mol. The van der Waals surface area contributed by atoms with Crippen molar-refractivity contribution in [3.8, 4) is 11.8 Å². The fourth-order valence-corrected chi connectivity index (χ4v) is 4.43. The van der Waals surface area contributed by atoms with Crippen LogP contribution in [-0.4, -0.2) is 42.5 Å². The van der Waals surface area contributed by atoms with Gasteiger partial charge in [0.05, 0.1) is 22.8 Å². The molecule has 0 unspecified atom stereocenters. The molecule has 1 saturated carbocycles. The van der Waals surface area contributed by atoms with Crippen molar-refractivity contribution in [1.82, 2.24) is 0 Å². The average Bonchev–Trinajstić information content (AvgIpc) is 3.05. The van der Waals surface area contributed by atoms with E-state index >= 15 is 0 Å². The zero-order chi connectivity index (χ0) is 20.1. The Morgan fingerprint density at radius 3 is 2.43 bits per heavy atom. The van der Waals surface area contributed by atoms with Crippen molar-refractivity contribution in [3.63, 3.8) is 0 Å². The summed E-state index contributed by atoms with van der Waals surface area (Å²) < 4.78 is 11.6. The normalized spacial score (nSPS) is 23.7. The van der Waals surface area contributed by atoms with Gasteiger partial charge < -0.3 is 19.9 Å². The third-order valence-electron chi connectivity index (χ3n) is 5.07. The Balaban J connectivity index is 1.57. The summed E-state index contributed by atoms with van der Waals surface area (Å²) in [5.74, 6) is 5.41. The predicted molar refractivity (Wildman–Crippen MR) is 112 cm³/mol. The summed E-state index contributed by atoms with van der Waals surface area (Å²) in [5.41, 5.74) is 0.591. The molecule has 2 aliphatic rings. The first-order valence-corrected chi connectivity index (χ1v) is 11.0. The quantitative estimate of drug-likeness (QED) is 0.691. The number of aromatic carboxylic acids is 1. The van der Waals surface area contributed by atoms with Crippen LogP contribution in [0.25, 0.3) is 0 Å². The van der Waals surface area contributed by atoms with Crippen LogP contribution < -0.4 is 5.32 Å². The van der Waals surface area contributed by atoms with Crippen LogP contribution in [0.2, 0.25) is 0 Å². The smallest absolute Gasteiger partial charge is 0.348 e. The molecule has 154 valence electrons. The molecular formula is C22H31NO4S. The van der Waals surface area contributed by atoms with E-state index in [-0.39, 0.29) is 11.5 Å². The van der Waals surface area contributed by atoms with Gasteiger partial charge in [0.2, 0.25) is 0 Å². The minimum absolute atomic E-state index is 0.107. The van der Waals surface area contributed by atoms with Gasteiger partial charge >= 0.3 is 5.97 Å². The van der Waals surface area contributed by atoms with E-state index in [1.165, 1.54) is 11.3 Å². The van der Waals surface area contributed by atoms with Crippen LogP contribution in [0.15, 0.2) is 6.07 Å². The van der Waals surface area contributed by atoms with Gasteiger partial charge in [0, 0.05) is 24.7 Å². The second-order valence-corrected chi connectivity index (χ2v) is 9.78. The van der Waals surface area contributed by atoms with E-state index in [4.69, 9.17) is 9.47 Å². The number of hydrogen-bond donors (Lipinski definition) is 2. The minimum atomic E-state index is -0.896. The van der Waals surface area contributed by atoms with E-state index < -0.39 is 5.97 Å². The molecule has 28 heavy (non-hydrogen) atoms. The molecule has 1 aromatic rings. The molecule has 0 spiro atoms. The van der Waals surface area contributed by atoms with Gasteiger partial charge in [-0.15, -0.1) is 11.3 Å². The third-order valence-corrected chi connectivity index (χ3v) is 6.11. The molecule has 1 aliphatic heterocycles. The first kappa shape index (κ1) is 21.2. The second kappa shape index (κ2) is 9.30. The zero-order valence-electron chi connectivity index (χ0n) is 17.0. The molecule has 1 aromatic heterocycles. The van der Waals surface area contributed by atoms with E-state index in [2.05, 4.69) is 17.2 Å². The van der Waals surface area contributed by atoms with Gasteiger partial charge in [-0.2, -0.15) is 0 Å². The lowest BCUT2D eigenvalue weighted by molar-refractivity contribution is -0.0787. The fraction of sp³-hybridized carbons (Fsp3) is 0.682. The topological polar surface area (TPSA) is 67.8 Å². The Labute approximate surface area is 171 Å². The number of nitrogens with one attached hydrogen (secondary N) is 1. The molecule has 0 aromatic carbocycles. The molecule has 0 amide bonds. The van der Waals surface area contributed by atoms with E-state index in [0.717, 1.165) is 56.6 Å². The molecule has 3 rings (SSSR count). The highest BCUT2D eigenvalue weighted by Gasteiger charge is 2.26. The molecule has 0 bridgehead atoms. The van der Waals surface area contributed by atoms with E-state index in [9.17, 15) is 9.90 Å². The lowest BCUT2D eigenvalue weighted by Gasteiger charge is -2.33. The van der Waals surface area contributed by atoms with Crippen molar-refractivity contribution in [2.45, 2.75) is 77.5 Å². The zero-order valence-corrected chi connectivity index (χ0v) is 17.9. The summed E-state index contributed by atoms with van der Waals surface area (Å²) in [6.45, 7) is 7.75. The van der Waals surface area contributed by atoms with Gasteiger partial charge in [-0.05, 0) is 65.4 Å². The third kappa shape index (κ3) is 6.23. The lowest BCUT2D eigenvalue weighted by atomic mass is 9.92. The summed E-state index contributed by atoms with van der Waals surface area (Å²) in [7, 11) is 0. The van der Waals surface area contributed by atoms with Crippen LogP contribution in [0.3, 0.4) is 0 Å². The number of anilines is 1. The molecule has 2 N–H and O–H groups in total. The van der Waals surface area contributed by atoms with Crippen LogP contribution >= 0.6 is 11.3 Å². The molecule has 0 radical (unpaired) electrons. The standard InChI is InChI=1S/C22H31NO4S/c1-22(2,3)11-8-18-14-19(20(28-18)21(24)25)23-15-4-6-16(7-5-15)27-17-9-12-26-13-10-17/h14-17,23H,4-7,9-10,12-13H2,1-3H3,(H,24,25)/t15-,16+. The monoisotopic (exact) mass is 405 g/mol. The largest absolute Gasteiger partial charge is 0.477 e. The Bertz CT molecular complexity index is 726. The SMILES string of the molecule is CC(C)(C)C#Cc1cc(N[C@H]2CC[C@@H](OC3CCOCC3)CC2)c(C(=O)O)s1. The number of thiophene rings is 1. The van der Waals surface area contributed by atoms with Crippen molar-refractivity contribution in [2.75, 3.05) is 18.5 Å². The maximum Gasteiger partial charge on any atom is 0.348 e. The molecule has 0 atom stereocenters. The summed E-state index contributed by atoms with van der Waals surface area (Å²) in [5, 5.41) is 13.0. The van der Waals surface area contributed by atoms with E-state index in [1.807, 2.05) is 26.8 Å². The minimum Gasteiger partial charge on any atom is -0.477 e. The van der Waals surface area contributed by atoms with Crippen LogP contribution in [0.5, 0.6) is 0 Å². The molecule has 1 aliphatic carbocycles. The summed E-state index contributed by atoms with van der Waals surface area (Å²) in [4.78, 5) is 12.8. The van der Waals surface area contributed by atoms with Crippen LogP contribution in [0.1, 0.15) is 73.8 Å². The van der Waals surface area contributed by atoms with E-state index in [1.54, 1.807) is 0 Å². The number of rotatable bonds is 5. The highest BCUT2D eigenvalue weighted by molar-refractivity contribution is 7.15. The van der Waals surface area contributed by atoms with Crippen molar-refractivity contribution >= 4 is 23.0 Å². The summed E-state index contributed by atoms with van der Waals surface area (Å²) in [6, 6.07) is 2.17. The van der Waals surface area contributed by atoms with Crippen molar-refractivity contribution in [3.05, 3.63) is 15.8 Å². The van der Waals surface area contributed by atoms with Gasteiger partial charge in [0.25, 0.3) is 0 Å². The predicted octanol–water partition coefficient (Wildman–Crippen LogP) is 4.76. The number of carbonyl (C=O) groups is 1. The van der Waals surface area contributed by atoms with Crippen molar-refractivity contribution < 1.29 is 19.4 Å². The molecule has 1 saturated heterocycles. The number of hydrogen-bond acceptors (Lipinski definition) is 5. The number of carboxylic acid groups (broad SMARTS) is 1. The Kier molecular flexibility index (Phi) is 7.03. The van der Waals surface area contributed by atoms with Crippen molar-refractivity contribution in [2.24, 2.45) is 5.41 Å². The Hall–Kier alpha value is -1.55. The van der Waals surface area contributed by atoms with Gasteiger partial charge in [-0.1, -0.05) is 11.8 Å². The molecule has 2 fully saturated rings. The molecule has 6 heteroatoms. The van der Waals surface area contributed by atoms with Gasteiger partial charge in [-0.25, -0.2) is 4.79 Å². The summed E-state index contributed by atoms with van der Waals surface area (Å²) in [6.07, 6.45) is 6.65. The summed E-state index contributed by atoms with van der Waals surface area (Å²) >= 11 is 1.25. The number of carboxylic acids is 1. The van der Waals surface area contributed by atoms with Gasteiger partial charge in [0.15, 0.2) is 0 Å². The lowest BCUT2D eigenvalue weighted by Crippen LogP contribution is -2.34. The van der Waals surface area contributed by atoms with E-state index in [0.29, 0.717) is 22.8 Å². The Morgan fingerprint density at radius 1 is 1.18 bits per heavy atom. The maximum atomic E-state index is 11.6. The highest BCUT2D eigenvalue weighted by atomic mass is 32.1. The molecule has 2 heterocycles. The first-order chi connectivity index (χ1) is 13.3. The van der Waals surface area contributed by atoms with Crippen LogP contribution in [0, 0.1) is 17.3 Å². The average molecular weight is 406 g/mol. The van der Waals surface area contributed by atoms with Crippen LogP contribution in [0.4, 0.5) is 5.69 Å². The second-order valence-electron chi connectivity index (χ2n) is 8.72. The molecule has 5 nitrogen and oxygen atoms in total. The maximum absolute atomic E-state index is 11.6. The van der Waals surface area contributed by atoms with Gasteiger partial charge in [0.1, 0.15) is 4.88 Å². The Morgan fingerprint density at radius 2 is 1.82 bits per heavy atom. The number of ether oxygens (including phenoxy) is 2. The fourth-order valence-electron chi connectivity index (χ4n) is 3.62.